The lowest BCUT2D eigenvalue weighted by Gasteiger charge is -2.49. The summed E-state index contributed by atoms with van der Waals surface area (Å²) >= 11 is 0. The topological polar surface area (TPSA) is 24.1 Å². The van der Waals surface area contributed by atoms with Crippen molar-refractivity contribution in [2.24, 2.45) is 34.5 Å². The van der Waals surface area contributed by atoms with Gasteiger partial charge < -0.3 is 10.6 Å². The highest BCUT2D eigenvalue weighted by atomic mass is 15.0. The second kappa shape index (κ2) is 7.50. The molecule has 1 aliphatic carbocycles. The van der Waals surface area contributed by atoms with Crippen molar-refractivity contribution in [2.45, 2.75) is 98.6 Å². The molecule has 0 aromatic heterocycles. The predicted molar refractivity (Wildman–Crippen MR) is 109 cm³/mol. The van der Waals surface area contributed by atoms with Gasteiger partial charge >= 0.3 is 0 Å². The van der Waals surface area contributed by atoms with Crippen LogP contribution in [0.1, 0.15) is 86.5 Å². The minimum Gasteiger partial charge on any atom is -0.316 e. The van der Waals surface area contributed by atoms with E-state index in [1.807, 2.05) is 0 Å². The largest absolute Gasteiger partial charge is 0.316 e. The standard InChI is InChI=1S/C23H44N2/c1-16-10-19(15-24-14-17(16)2)21-13-23(5,6)12-20(25-21)18-8-7-9-22(3,4)11-18/h16-21,24-25H,7-15H2,1-6H3. The fraction of sp³-hybridized carbons (Fsp3) is 1.00. The number of nitrogens with one attached hydrogen (secondary N) is 2. The summed E-state index contributed by atoms with van der Waals surface area (Å²) in [6.45, 7) is 17.3. The molecule has 25 heavy (non-hydrogen) atoms. The second-order valence-electron chi connectivity index (χ2n) is 11.6. The molecule has 3 aliphatic rings. The van der Waals surface area contributed by atoms with Crippen LogP contribution >= 0.6 is 0 Å². The van der Waals surface area contributed by atoms with Crippen molar-refractivity contribution in [1.29, 1.82) is 0 Å². The SMILES string of the molecule is CC1CNCC(C2CC(C)(C)CC(C3CCCC(C)(C)C3)N2)CC1C. The summed E-state index contributed by atoms with van der Waals surface area (Å²) in [5.41, 5.74) is 1.04. The van der Waals surface area contributed by atoms with Gasteiger partial charge in [-0.15, -0.1) is 0 Å². The van der Waals surface area contributed by atoms with E-state index >= 15 is 0 Å². The lowest BCUT2D eigenvalue weighted by atomic mass is 9.64. The number of hydrogen-bond donors (Lipinski definition) is 2. The van der Waals surface area contributed by atoms with Gasteiger partial charge in [0.05, 0.1) is 0 Å². The van der Waals surface area contributed by atoms with E-state index in [4.69, 9.17) is 0 Å². The molecule has 0 bridgehead atoms. The molecule has 3 fully saturated rings. The Hall–Kier alpha value is -0.0800. The minimum absolute atomic E-state index is 0.489. The molecule has 0 aromatic carbocycles. The average molecular weight is 349 g/mol. The fourth-order valence-electron chi connectivity index (χ4n) is 6.17. The van der Waals surface area contributed by atoms with Crippen LogP contribution in [0.15, 0.2) is 0 Å². The molecular weight excluding hydrogens is 304 g/mol. The van der Waals surface area contributed by atoms with Crippen molar-refractivity contribution < 1.29 is 0 Å². The van der Waals surface area contributed by atoms with Crippen LogP contribution in [0.4, 0.5) is 0 Å². The maximum absolute atomic E-state index is 4.21. The van der Waals surface area contributed by atoms with Gasteiger partial charge in [0.2, 0.25) is 0 Å². The molecule has 0 radical (unpaired) electrons. The Morgan fingerprint density at radius 3 is 2.12 bits per heavy atom. The van der Waals surface area contributed by atoms with Gasteiger partial charge in [-0.25, -0.2) is 0 Å². The van der Waals surface area contributed by atoms with Crippen LogP contribution in [-0.4, -0.2) is 25.2 Å². The van der Waals surface area contributed by atoms with Crippen LogP contribution in [0.3, 0.4) is 0 Å². The average Bonchev–Trinajstić information content (AvgIpc) is 2.67. The van der Waals surface area contributed by atoms with Gasteiger partial charge in [-0.1, -0.05) is 48.0 Å². The molecule has 2 heterocycles. The van der Waals surface area contributed by atoms with Crippen molar-refractivity contribution in [1.82, 2.24) is 10.6 Å². The maximum atomic E-state index is 4.21. The van der Waals surface area contributed by atoms with E-state index < -0.39 is 0 Å². The zero-order chi connectivity index (χ0) is 18.2. The number of hydrogen-bond acceptors (Lipinski definition) is 2. The highest BCUT2D eigenvalue weighted by molar-refractivity contribution is 4.98. The first-order chi connectivity index (χ1) is 11.7. The molecule has 2 aliphatic heterocycles. The van der Waals surface area contributed by atoms with Crippen LogP contribution in [0.25, 0.3) is 0 Å². The van der Waals surface area contributed by atoms with E-state index in [1.165, 1.54) is 58.0 Å². The molecule has 0 amide bonds. The van der Waals surface area contributed by atoms with Crippen LogP contribution in [-0.2, 0) is 0 Å². The van der Waals surface area contributed by atoms with Gasteiger partial charge in [0.1, 0.15) is 0 Å². The van der Waals surface area contributed by atoms with Gasteiger partial charge in [0, 0.05) is 12.1 Å². The second-order valence-corrected chi connectivity index (χ2v) is 11.6. The summed E-state index contributed by atoms with van der Waals surface area (Å²) in [6, 6.07) is 1.45. The van der Waals surface area contributed by atoms with Crippen LogP contribution in [0.2, 0.25) is 0 Å². The van der Waals surface area contributed by atoms with E-state index in [1.54, 1.807) is 0 Å². The van der Waals surface area contributed by atoms with E-state index in [-0.39, 0.29) is 0 Å². The molecule has 0 aromatic rings. The molecule has 2 nitrogen and oxygen atoms in total. The third-order valence-electron chi connectivity index (χ3n) is 7.87. The lowest BCUT2D eigenvalue weighted by molar-refractivity contribution is 0.0611. The summed E-state index contributed by atoms with van der Waals surface area (Å²) in [4.78, 5) is 0. The lowest BCUT2D eigenvalue weighted by Crippen LogP contribution is -2.56. The monoisotopic (exact) mass is 348 g/mol. The zero-order valence-electron chi connectivity index (χ0n) is 17.8. The van der Waals surface area contributed by atoms with E-state index in [9.17, 15) is 0 Å². The molecule has 1 saturated carbocycles. The zero-order valence-corrected chi connectivity index (χ0v) is 17.8. The Balaban J connectivity index is 1.70. The van der Waals surface area contributed by atoms with E-state index in [0.717, 1.165) is 29.7 Å². The first-order valence-electron chi connectivity index (χ1n) is 11.1. The Labute approximate surface area is 157 Å². The summed E-state index contributed by atoms with van der Waals surface area (Å²) < 4.78 is 0. The van der Waals surface area contributed by atoms with Gasteiger partial charge in [0.15, 0.2) is 0 Å². The highest BCUT2D eigenvalue weighted by Gasteiger charge is 2.42. The van der Waals surface area contributed by atoms with Gasteiger partial charge in [0.25, 0.3) is 0 Å². The first-order valence-corrected chi connectivity index (χ1v) is 11.1. The number of rotatable bonds is 2. The minimum atomic E-state index is 0.489. The Morgan fingerprint density at radius 1 is 0.760 bits per heavy atom. The highest BCUT2D eigenvalue weighted by Crippen LogP contribution is 2.45. The predicted octanol–water partition coefficient (Wildman–Crippen LogP) is 5.23. The van der Waals surface area contributed by atoms with Gasteiger partial charge in [-0.2, -0.15) is 0 Å². The molecule has 6 atom stereocenters. The third kappa shape index (κ3) is 5.01. The Bertz CT molecular complexity index is 441. The van der Waals surface area contributed by atoms with E-state index in [0.29, 0.717) is 16.9 Å². The molecule has 6 unspecified atom stereocenters. The molecule has 146 valence electrons. The molecule has 0 spiro atoms. The summed E-state index contributed by atoms with van der Waals surface area (Å²) in [5, 5.41) is 7.98. The van der Waals surface area contributed by atoms with Gasteiger partial charge in [-0.3, -0.25) is 0 Å². The third-order valence-corrected chi connectivity index (χ3v) is 7.87. The van der Waals surface area contributed by atoms with Gasteiger partial charge in [-0.05, 0) is 86.1 Å². The fourth-order valence-corrected chi connectivity index (χ4v) is 6.17. The molecule has 2 heteroatoms. The van der Waals surface area contributed by atoms with Crippen molar-refractivity contribution >= 4 is 0 Å². The Morgan fingerprint density at radius 2 is 1.44 bits per heavy atom. The quantitative estimate of drug-likeness (QED) is 0.714. The van der Waals surface area contributed by atoms with Crippen molar-refractivity contribution in [3.63, 3.8) is 0 Å². The normalized spacial score (nSPS) is 44.9. The summed E-state index contributed by atoms with van der Waals surface area (Å²) in [6.07, 6.45) is 9.84. The van der Waals surface area contributed by atoms with Crippen LogP contribution in [0.5, 0.6) is 0 Å². The molecule has 2 N–H and O–H groups in total. The first kappa shape index (κ1) is 19.7. The summed E-state index contributed by atoms with van der Waals surface area (Å²) in [5.74, 6) is 3.36. The van der Waals surface area contributed by atoms with Crippen LogP contribution < -0.4 is 10.6 Å². The summed E-state index contributed by atoms with van der Waals surface area (Å²) in [7, 11) is 0. The van der Waals surface area contributed by atoms with Crippen LogP contribution in [0, 0.1) is 34.5 Å². The van der Waals surface area contributed by atoms with Crippen molar-refractivity contribution in [3.8, 4) is 0 Å². The molecule has 3 rings (SSSR count). The Kier molecular flexibility index (Phi) is 5.91. The van der Waals surface area contributed by atoms with Crippen molar-refractivity contribution in [3.05, 3.63) is 0 Å². The maximum Gasteiger partial charge on any atom is 0.0115 e. The van der Waals surface area contributed by atoms with Crippen molar-refractivity contribution in [2.75, 3.05) is 13.1 Å². The molecular formula is C23H44N2. The smallest absolute Gasteiger partial charge is 0.0115 e. The molecule has 2 saturated heterocycles. The van der Waals surface area contributed by atoms with E-state index in [2.05, 4.69) is 52.2 Å². The number of piperidine rings is 1.